The van der Waals surface area contributed by atoms with Gasteiger partial charge in [0.1, 0.15) is 12.3 Å². The van der Waals surface area contributed by atoms with Gasteiger partial charge in [0.15, 0.2) is 0 Å². The van der Waals surface area contributed by atoms with Crippen molar-refractivity contribution in [1.29, 1.82) is 0 Å². The molecule has 3 heterocycles. The maximum absolute atomic E-state index is 11.6. The summed E-state index contributed by atoms with van der Waals surface area (Å²) in [5.41, 5.74) is 3.22. The van der Waals surface area contributed by atoms with Crippen LogP contribution in [0, 0.1) is 13.8 Å². The highest BCUT2D eigenvalue weighted by atomic mass is 16.5. The van der Waals surface area contributed by atoms with Crippen LogP contribution >= 0.6 is 0 Å². The second-order valence-corrected chi connectivity index (χ2v) is 6.92. The molecule has 0 amide bonds. The van der Waals surface area contributed by atoms with Crippen LogP contribution in [0.4, 0.5) is 5.95 Å². The first-order valence-corrected chi connectivity index (χ1v) is 9.34. The predicted molar refractivity (Wildman–Crippen MR) is 100 cm³/mol. The van der Waals surface area contributed by atoms with E-state index in [-0.39, 0.29) is 12.5 Å². The highest BCUT2D eigenvalue weighted by Gasteiger charge is 2.30. The third-order valence-electron chi connectivity index (χ3n) is 4.88. The first kappa shape index (κ1) is 19.3. The Labute approximate surface area is 159 Å². The lowest BCUT2D eigenvalue weighted by Crippen LogP contribution is -2.28. The van der Waals surface area contributed by atoms with Gasteiger partial charge in [-0.3, -0.25) is 9.69 Å². The van der Waals surface area contributed by atoms with E-state index in [0.717, 1.165) is 42.9 Å². The fourth-order valence-corrected chi connectivity index (χ4v) is 3.64. The number of hydrogen-bond acceptors (Lipinski definition) is 8. The molecule has 0 unspecified atom stereocenters. The molecule has 3 rings (SSSR count). The summed E-state index contributed by atoms with van der Waals surface area (Å²) in [5, 5.41) is 4.10. The molecule has 0 N–H and O–H groups in total. The Kier molecular flexibility index (Phi) is 6.05. The van der Waals surface area contributed by atoms with Gasteiger partial charge in [-0.2, -0.15) is 0 Å². The monoisotopic (exact) mass is 373 g/mol. The number of esters is 1. The number of aromatic nitrogens is 3. The van der Waals surface area contributed by atoms with Gasteiger partial charge < -0.3 is 14.2 Å². The molecular formula is C19H27N5O3. The average Bonchev–Trinajstić information content (AvgIpc) is 3.21. The molecule has 2 aromatic rings. The highest BCUT2D eigenvalue weighted by Crippen LogP contribution is 2.36. The van der Waals surface area contributed by atoms with Crippen LogP contribution in [0.2, 0.25) is 0 Å². The number of carbonyl (C=O) groups is 1. The zero-order valence-corrected chi connectivity index (χ0v) is 16.4. The molecule has 0 bridgehead atoms. The van der Waals surface area contributed by atoms with Crippen molar-refractivity contribution in [3.63, 3.8) is 0 Å². The third kappa shape index (κ3) is 4.44. The molecule has 1 aliphatic heterocycles. The molecule has 0 saturated carbocycles. The van der Waals surface area contributed by atoms with Gasteiger partial charge >= 0.3 is 5.97 Å². The number of hydrogen-bond donors (Lipinski definition) is 0. The summed E-state index contributed by atoms with van der Waals surface area (Å²) in [6, 6.07) is 0.322. The van der Waals surface area contributed by atoms with Crippen molar-refractivity contribution in [2.24, 2.45) is 0 Å². The summed E-state index contributed by atoms with van der Waals surface area (Å²) >= 11 is 0. The minimum Gasteiger partial charge on any atom is -0.465 e. The fraction of sp³-hybridized carbons (Fsp3) is 0.579. The van der Waals surface area contributed by atoms with Crippen molar-refractivity contribution in [3.05, 3.63) is 35.0 Å². The maximum Gasteiger partial charge on any atom is 0.325 e. The maximum atomic E-state index is 11.6. The van der Waals surface area contributed by atoms with Crippen molar-refractivity contribution in [1.82, 2.24) is 20.0 Å². The molecule has 1 saturated heterocycles. The van der Waals surface area contributed by atoms with Crippen LogP contribution < -0.4 is 4.90 Å². The number of anilines is 1. The zero-order chi connectivity index (χ0) is 19.4. The quantitative estimate of drug-likeness (QED) is 0.684. The van der Waals surface area contributed by atoms with Gasteiger partial charge in [0.25, 0.3) is 0 Å². The number of carbonyl (C=O) groups excluding carboxylic acids is 1. The molecule has 27 heavy (non-hydrogen) atoms. The first-order chi connectivity index (χ1) is 13.0. The van der Waals surface area contributed by atoms with Crippen LogP contribution in [0.1, 0.15) is 48.4 Å². The smallest absolute Gasteiger partial charge is 0.325 e. The van der Waals surface area contributed by atoms with E-state index in [1.54, 1.807) is 18.9 Å². The van der Waals surface area contributed by atoms with E-state index in [0.29, 0.717) is 18.6 Å². The summed E-state index contributed by atoms with van der Waals surface area (Å²) in [6.45, 7) is 8.07. The summed E-state index contributed by atoms with van der Waals surface area (Å²) in [4.78, 5) is 24.5. The van der Waals surface area contributed by atoms with E-state index < -0.39 is 0 Å². The van der Waals surface area contributed by atoms with Crippen LogP contribution in [0.25, 0.3) is 0 Å². The first-order valence-electron chi connectivity index (χ1n) is 9.34. The van der Waals surface area contributed by atoms with Crippen LogP contribution in [-0.2, 0) is 16.1 Å². The highest BCUT2D eigenvalue weighted by molar-refractivity contribution is 5.74. The molecule has 0 aliphatic carbocycles. The lowest BCUT2D eigenvalue weighted by molar-refractivity contribution is -0.141. The summed E-state index contributed by atoms with van der Waals surface area (Å²) in [6.07, 6.45) is 5.90. The van der Waals surface area contributed by atoms with Crippen molar-refractivity contribution in [3.8, 4) is 0 Å². The predicted octanol–water partition coefficient (Wildman–Crippen LogP) is 2.42. The molecule has 8 heteroatoms. The van der Waals surface area contributed by atoms with Gasteiger partial charge in [-0.15, -0.1) is 0 Å². The van der Waals surface area contributed by atoms with Crippen molar-refractivity contribution in [2.75, 3.05) is 31.6 Å². The molecule has 146 valence electrons. The second-order valence-electron chi connectivity index (χ2n) is 6.92. The van der Waals surface area contributed by atoms with Crippen LogP contribution in [0.5, 0.6) is 0 Å². The largest absolute Gasteiger partial charge is 0.465 e. The Bertz CT molecular complexity index is 755. The number of rotatable bonds is 7. The standard InChI is InChI=1S/C19H27N5O3/c1-5-26-17(25)12-23(4)19-20-9-15(10-21-19)11-24-8-6-7-16(24)18-13(2)22-27-14(18)3/h9-10,16H,5-8,11-12H2,1-4H3/t16-/m0/s1. The Hall–Kier alpha value is -2.48. The minimum atomic E-state index is -0.285. The van der Waals surface area contributed by atoms with E-state index in [1.165, 1.54) is 5.56 Å². The number of ether oxygens (including phenoxy) is 1. The molecule has 1 fully saturated rings. The fourth-order valence-electron chi connectivity index (χ4n) is 3.64. The van der Waals surface area contributed by atoms with Gasteiger partial charge in [0.05, 0.1) is 12.3 Å². The molecule has 8 nitrogen and oxygen atoms in total. The van der Waals surface area contributed by atoms with Crippen molar-refractivity contribution < 1.29 is 14.1 Å². The lowest BCUT2D eigenvalue weighted by Gasteiger charge is -2.24. The Morgan fingerprint density at radius 3 is 2.74 bits per heavy atom. The number of aryl methyl sites for hydroxylation is 2. The van der Waals surface area contributed by atoms with E-state index in [4.69, 9.17) is 9.26 Å². The molecule has 1 atom stereocenters. The number of nitrogens with zero attached hydrogens (tertiary/aromatic N) is 5. The van der Waals surface area contributed by atoms with Gasteiger partial charge in [-0.05, 0) is 40.2 Å². The molecule has 1 aliphatic rings. The zero-order valence-electron chi connectivity index (χ0n) is 16.4. The summed E-state index contributed by atoms with van der Waals surface area (Å²) < 4.78 is 10.3. The molecule has 0 aromatic carbocycles. The average molecular weight is 373 g/mol. The van der Waals surface area contributed by atoms with E-state index in [9.17, 15) is 4.79 Å². The Morgan fingerprint density at radius 2 is 2.11 bits per heavy atom. The lowest BCUT2D eigenvalue weighted by atomic mass is 10.0. The minimum absolute atomic E-state index is 0.132. The van der Waals surface area contributed by atoms with Crippen molar-refractivity contribution >= 4 is 11.9 Å². The van der Waals surface area contributed by atoms with Crippen molar-refractivity contribution in [2.45, 2.75) is 46.2 Å². The SMILES string of the molecule is CCOC(=O)CN(C)c1ncc(CN2CCC[C@H]2c2c(C)noc2C)cn1. The van der Waals surface area contributed by atoms with Crippen LogP contribution in [-0.4, -0.2) is 52.7 Å². The molecular weight excluding hydrogens is 346 g/mol. The Balaban J connectivity index is 1.65. The molecule has 0 spiro atoms. The van der Waals surface area contributed by atoms with E-state index in [2.05, 4.69) is 20.0 Å². The number of likely N-dealkylation sites (N-methyl/N-ethyl adjacent to an activating group) is 1. The van der Waals surface area contributed by atoms with Gasteiger partial charge in [-0.25, -0.2) is 9.97 Å². The normalized spacial score (nSPS) is 17.3. The van der Waals surface area contributed by atoms with E-state index >= 15 is 0 Å². The molecule has 0 radical (unpaired) electrons. The number of likely N-dealkylation sites (tertiary alicyclic amines) is 1. The van der Waals surface area contributed by atoms with E-state index in [1.807, 2.05) is 26.2 Å². The topological polar surface area (TPSA) is 84.6 Å². The summed E-state index contributed by atoms with van der Waals surface area (Å²) in [7, 11) is 1.78. The summed E-state index contributed by atoms with van der Waals surface area (Å²) in [5.74, 6) is 1.12. The second kappa shape index (κ2) is 8.47. The third-order valence-corrected chi connectivity index (χ3v) is 4.88. The molecule has 2 aromatic heterocycles. The van der Waals surface area contributed by atoms with Gasteiger partial charge in [-0.1, -0.05) is 5.16 Å². The van der Waals surface area contributed by atoms with Gasteiger partial charge in [0.2, 0.25) is 5.95 Å². The van der Waals surface area contributed by atoms with Gasteiger partial charge in [0, 0.05) is 43.2 Å². The van der Waals surface area contributed by atoms with Crippen LogP contribution in [0.15, 0.2) is 16.9 Å². The Morgan fingerprint density at radius 1 is 1.37 bits per heavy atom. The van der Waals surface area contributed by atoms with Crippen LogP contribution in [0.3, 0.4) is 0 Å².